The molecular weight excluding hydrogens is 440 g/mol. The number of hydrogen-bond acceptors (Lipinski definition) is 11. The van der Waals surface area contributed by atoms with Crippen molar-refractivity contribution in [1.29, 1.82) is 0 Å². The van der Waals surface area contributed by atoms with Crippen molar-refractivity contribution in [2.45, 2.75) is 37.3 Å². The molecule has 5 N–H and O–H groups in total. The number of ether oxygens (including phenoxy) is 6. The molecule has 1 saturated heterocycles. The molecule has 5 atom stereocenters. The summed E-state index contributed by atoms with van der Waals surface area (Å²) in [4.78, 5) is 0. The van der Waals surface area contributed by atoms with Gasteiger partial charge in [-0.1, -0.05) is 0 Å². The Morgan fingerprint density at radius 2 is 1.45 bits per heavy atom. The van der Waals surface area contributed by atoms with Crippen molar-refractivity contribution < 1.29 is 54.0 Å². The molecule has 0 unspecified atom stereocenters. The number of aliphatic hydroxyl groups excluding tert-OH is 3. The molecule has 2 aromatic carbocycles. The van der Waals surface area contributed by atoms with E-state index < -0.39 is 30.7 Å². The smallest absolute Gasteiger partial charge is 0.229 e. The Kier molecular flexibility index (Phi) is 8.06. The maximum Gasteiger partial charge on any atom is 0.229 e. The van der Waals surface area contributed by atoms with E-state index in [4.69, 9.17) is 28.4 Å². The molecule has 1 aliphatic rings. The fraction of sp³-hybridized carbons (Fsp3) is 0.455. The van der Waals surface area contributed by atoms with Gasteiger partial charge in [-0.3, -0.25) is 0 Å². The maximum atomic E-state index is 10.3. The van der Waals surface area contributed by atoms with Crippen LogP contribution in [0.15, 0.2) is 30.3 Å². The Labute approximate surface area is 190 Å². The first-order chi connectivity index (χ1) is 15.8. The second-order valence-corrected chi connectivity index (χ2v) is 7.33. The average Bonchev–Trinajstić information content (AvgIpc) is 2.82. The summed E-state index contributed by atoms with van der Waals surface area (Å²) >= 11 is 0. The van der Waals surface area contributed by atoms with E-state index >= 15 is 0 Å². The van der Waals surface area contributed by atoms with Crippen LogP contribution in [0.25, 0.3) is 0 Å². The van der Waals surface area contributed by atoms with E-state index in [0.29, 0.717) is 5.56 Å². The van der Waals surface area contributed by atoms with Crippen LogP contribution in [0.1, 0.15) is 5.56 Å². The van der Waals surface area contributed by atoms with Crippen LogP contribution in [0.5, 0.6) is 34.5 Å². The summed E-state index contributed by atoms with van der Waals surface area (Å²) in [6.45, 7) is -0.0892. The van der Waals surface area contributed by atoms with Gasteiger partial charge in [0.25, 0.3) is 0 Å². The molecule has 2 aromatic rings. The van der Waals surface area contributed by atoms with Gasteiger partial charge in [-0.05, 0) is 29.8 Å². The highest BCUT2D eigenvalue weighted by Crippen LogP contribution is 2.37. The molecule has 33 heavy (non-hydrogen) atoms. The van der Waals surface area contributed by atoms with Crippen LogP contribution >= 0.6 is 0 Å². The zero-order chi connectivity index (χ0) is 24.1. The fourth-order valence-corrected chi connectivity index (χ4v) is 3.34. The van der Waals surface area contributed by atoms with E-state index in [0.717, 1.165) is 0 Å². The average molecular weight is 468 g/mol. The number of methoxy groups -OCH3 is 3. The predicted octanol–water partition coefficient (Wildman–Crippen LogP) is 0.527. The maximum absolute atomic E-state index is 10.3. The van der Waals surface area contributed by atoms with Crippen molar-refractivity contribution in [1.82, 2.24) is 0 Å². The molecule has 0 saturated carbocycles. The first kappa shape index (κ1) is 24.7. The molecule has 182 valence electrons. The summed E-state index contributed by atoms with van der Waals surface area (Å²) in [6, 6.07) is 7.30. The minimum absolute atomic E-state index is 0.0545. The molecule has 1 fully saturated rings. The molecule has 11 heteroatoms. The summed E-state index contributed by atoms with van der Waals surface area (Å²) in [5, 5.41) is 50.5. The number of phenolic OH excluding ortho intramolecular Hbond substituents is 2. The van der Waals surface area contributed by atoms with Crippen LogP contribution < -0.4 is 18.9 Å². The Bertz CT molecular complexity index is 910. The van der Waals surface area contributed by atoms with E-state index in [-0.39, 0.29) is 47.7 Å². The standard InChI is InChI=1S/C22H28O11/c1-28-14-8-12(4-5-13(14)23)32-22-21(27)20(26)19(25)17(33-22)10-31-9-11-6-15(29-2)18(24)16(7-11)30-3/h4-8,17,19-27H,9-10H2,1-3H3/t17-,19-,20+,21-,22-/m1/s1. The second kappa shape index (κ2) is 10.8. The minimum atomic E-state index is -1.55. The number of phenols is 2. The summed E-state index contributed by atoms with van der Waals surface area (Å²) in [7, 11) is 4.18. The van der Waals surface area contributed by atoms with Gasteiger partial charge in [0, 0.05) is 6.07 Å². The Hall–Kier alpha value is -2.96. The van der Waals surface area contributed by atoms with Gasteiger partial charge in [0.15, 0.2) is 23.0 Å². The minimum Gasteiger partial charge on any atom is -0.504 e. The molecule has 0 spiro atoms. The lowest BCUT2D eigenvalue weighted by molar-refractivity contribution is -0.280. The third-order valence-corrected chi connectivity index (χ3v) is 5.16. The van der Waals surface area contributed by atoms with Gasteiger partial charge in [0.1, 0.15) is 30.2 Å². The molecule has 1 heterocycles. The van der Waals surface area contributed by atoms with Crippen molar-refractivity contribution in [2.24, 2.45) is 0 Å². The Morgan fingerprint density at radius 1 is 0.818 bits per heavy atom. The summed E-state index contributed by atoms with van der Waals surface area (Å²) in [5.74, 6) is 0.534. The predicted molar refractivity (Wildman–Crippen MR) is 113 cm³/mol. The normalized spacial score (nSPS) is 24.8. The van der Waals surface area contributed by atoms with Gasteiger partial charge in [0.2, 0.25) is 12.0 Å². The summed E-state index contributed by atoms with van der Waals surface area (Å²) < 4.78 is 32.1. The van der Waals surface area contributed by atoms with Gasteiger partial charge in [-0.15, -0.1) is 0 Å². The highest BCUT2D eigenvalue weighted by atomic mass is 16.7. The van der Waals surface area contributed by atoms with E-state index in [1.54, 1.807) is 12.1 Å². The molecule has 11 nitrogen and oxygen atoms in total. The number of rotatable bonds is 9. The highest BCUT2D eigenvalue weighted by molar-refractivity contribution is 5.52. The van der Waals surface area contributed by atoms with Crippen molar-refractivity contribution in [3.63, 3.8) is 0 Å². The zero-order valence-electron chi connectivity index (χ0n) is 18.4. The summed E-state index contributed by atoms with van der Waals surface area (Å²) in [5.41, 5.74) is 0.622. The number of benzene rings is 2. The molecule has 0 amide bonds. The van der Waals surface area contributed by atoms with Gasteiger partial charge in [-0.2, -0.15) is 0 Å². The van der Waals surface area contributed by atoms with Crippen molar-refractivity contribution >= 4 is 0 Å². The quantitative estimate of drug-likeness (QED) is 0.350. The van der Waals surface area contributed by atoms with Crippen LogP contribution in [-0.4, -0.2) is 84.2 Å². The molecule has 1 aliphatic heterocycles. The number of aliphatic hydroxyl groups is 3. The third-order valence-electron chi connectivity index (χ3n) is 5.16. The monoisotopic (exact) mass is 468 g/mol. The molecule has 0 bridgehead atoms. The molecule has 0 aromatic heterocycles. The van der Waals surface area contributed by atoms with Crippen molar-refractivity contribution in [3.05, 3.63) is 35.9 Å². The Balaban J connectivity index is 1.65. The summed E-state index contributed by atoms with van der Waals surface area (Å²) in [6.07, 6.45) is -6.86. The second-order valence-electron chi connectivity index (χ2n) is 7.33. The van der Waals surface area contributed by atoms with E-state index in [1.165, 1.54) is 39.5 Å². The van der Waals surface area contributed by atoms with Crippen LogP contribution in [0, 0.1) is 0 Å². The molecule has 0 aliphatic carbocycles. The van der Waals surface area contributed by atoms with E-state index in [2.05, 4.69) is 0 Å². The van der Waals surface area contributed by atoms with Crippen LogP contribution in [0.4, 0.5) is 0 Å². The molecular formula is C22H28O11. The first-order valence-corrected chi connectivity index (χ1v) is 10.0. The largest absolute Gasteiger partial charge is 0.504 e. The molecule has 0 radical (unpaired) electrons. The number of aromatic hydroxyl groups is 2. The lowest BCUT2D eigenvalue weighted by Crippen LogP contribution is -2.60. The first-order valence-electron chi connectivity index (χ1n) is 10.0. The van der Waals surface area contributed by atoms with Crippen LogP contribution in [0.2, 0.25) is 0 Å². The van der Waals surface area contributed by atoms with Gasteiger partial charge >= 0.3 is 0 Å². The van der Waals surface area contributed by atoms with Crippen molar-refractivity contribution in [3.8, 4) is 34.5 Å². The lowest BCUT2D eigenvalue weighted by Gasteiger charge is -2.40. The topological polar surface area (TPSA) is 157 Å². The van der Waals surface area contributed by atoms with Crippen molar-refractivity contribution in [2.75, 3.05) is 27.9 Å². The zero-order valence-corrected chi connectivity index (χ0v) is 18.4. The fourth-order valence-electron chi connectivity index (χ4n) is 3.34. The third kappa shape index (κ3) is 5.52. The van der Waals surface area contributed by atoms with Crippen LogP contribution in [-0.2, 0) is 16.1 Å². The van der Waals surface area contributed by atoms with Gasteiger partial charge < -0.3 is 54.0 Å². The highest BCUT2D eigenvalue weighted by Gasteiger charge is 2.45. The molecule has 3 rings (SSSR count). The van der Waals surface area contributed by atoms with Crippen LogP contribution in [0.3, 0.4) is 0 Å². The lowest BCUT2D eigenvalue weighted by atomic mass is 9.99. The van der Waals surface area contributed by atoms with E-state index in [1.807, 2.05) is 0 Å². The number of hydrogen-bond donors (Lipinski definition) is 5. The van der Waals surface area contributed by atoms with Gasteiger partial charge in [0.05, 0.1) is 34.5 Å². The Morgan fingerprint density at radius 3 is 2.06 bits per heavy atom. The van der Waals surface area contributed by atoms with Gasteiger partial charge in [-0.25, -0.2) is 0 Å². The SMILES string of the molecule is COc1cc(O[C@@H]2O[C@H](COCc3cc(OC)c(O)c(OC)c3)[C@@H](O)[C@H](O)[C@H]2O)ccc1O. The van der Waals surface area contributed by atoms with E-state index in [9.17, 15) is 25.5 Å².